The van der Waals surface area contributed by atoms with Gasteiger partial charge in [0.05, 0.1) is 0 Å². The van der Waals surface area contributed by atoms with Crippen molar-refractivity contribution in [3.8, 4) is 0 Å². The molecule has 2 atom stereocenters. The number of amides is 1. The van der Waals surface area contributed by atoms with E-state index in [0.29, 0.717) is 0 Å². The number of carbonyl (C=O) groups is 1. The Kier molecular flexibility index (Phi) is 3.05. The van der Waals surface area contributed by atoms with Crippen molar-refractivity contribution in [2.24, 2.45) is 0 Å². The molecule has 1 fully saturated rings. The van der Waals surface area contributed by atoms with E-state index in [0.717, 1.165) is 0 Å². The van der Waals surface area contributed by atoms with Crippen LogP contribution in [0.2, 0.25) is 0 Å². The summed E-state index contributed by atoms with van der Waals surface area (Å²) in [5.74, 6) is -1.22. The monoisotopic (exact) mass is 211 g/mol. The van der Waals surface area contributed by atoms with Crippen molar-refractivity contribution in [3.63, 3.8) is 0 Å². The van der Waals surface area contributed by atoms with Gasteiger partial charge in [-0.2, -0.15) is 5.06 Å². The maximum atomic E-state index is 10.7. The third-order valence-corrected chi connectivity index (χ3v) is 2.88. The molecule has 1 amide bonds. The van der Waals surface area contributed by atoms with Gasteiger partial charge in [0.15, 0.2) is 12.1 Å². The van der Waals surface area contributed by atoms with Crippen molar-refractivity contribution in [2.75, 3.05) is 0 Å². The van der Waals surface area contributed by atoms with Crippen LogP contribution in [0, 0.1) is 0 Å². The van der Waals surface area contributed by atoms with Gasteiger partial charge in [-0.1, -0.05) is 0 Å². The highest BCUT2D eigenvalue weighted by atomic mass is 31.2. The topological polar surface area (TPSA) is 107 Å². The van der Waals surface area contributed by atoms with E-state index in [1.165, 1.54) is 0 Å². The fourth-order valence-electron chi connectivity index (χ4n) is 1.11. The van der Waals surface area contributed by atoms with Crippen molar-refractivity contribution in [1.29, 1.82) is 0 Å². The highest BCUT2D eigenvalue weighted by Crippen LogP contribution is 2.47. The molecular weight excluding hydrogens is 201 g/mol. The molecule has 0 spiro atoms. The molecule has 7 nitrogen and oxygen atoms in total. The maximum absolute atomic E-state index is 10.7. The molecule has 0 aromatic carbocycles. The van der Waals surface area contributed by atoms with E-state index in [9.17, 15) is 9.36 Å². The normalized spacial score (nSPS) is 28.8. The van der Waals surface area contributed by atoms with E-state index in [4.69, 9.17) is 19.7 Å². The Morgan fingerprint density at radius 2 is 2.08 bits per heavy atom. The molecular formula is C5H10NO6P. The Morgan fingerprint density at radius 3 is 2.46 bits per heavy atom. The molecule has 0 saturated carbocycles. The number of hydroxylamine groups is 2. The quantitative estimate of drug-likeness (QED) is 0.251. The van der Waals surface area contributed by atoms with Gasteiger partial charge in [0.25, 0.3) is 0 Å². The van der Waals surface area contributed by atoms with Gasteiger partial charge in [-0.15, -0.1) is 0 Å². The number of hydrogen-bond donors (Lipinski definition) is 3. The Hall–Kier alpha value is -0.460. The lowest BCUT2D eigenvalue weighted by Gasteiger charge is -2.18. The second-order valence-corrected chi connectivity index (χ2v) is 4.45. The third kappa shape index (κ3) is 2.49. The Morgan fingerprint density at radius 1 is 1.46 bits per heavy atom. The van der Waals surface area contributed by atoms with Crippen molar-refractivity contribution in [3.05, 3.63) is 0 Å². The van der Waals surface area contributed by atoms with E-state index < -0.39 is 19.7 Å². The largest absolute Gasteiger partial charge is 0.354 e. The minimum atomic E-state index is -4.28. The first kappa shape index (κ1) is 10.6. The zero-order chi connectivity index (χ0) is 10.1. The summed E-state index contributed by atoms with van der Waals surface area (Å²) in [6.07, 6.45) is -0.479. The second-order valence-electron chi connectivity index (χ2n) is 2.70. The summed E-state index contributed by atoms with van der Waals surface area (Å²) in [5.41, 5.74) is 0. The molecule has 1 aliphatic heterocycles. The number of hydrogen-bond acceptors (Lipinski definition) is 4. The molecule has 2 unspecified atom stereocenters. The number of nitrogens with zero attached hydrogens (tertiary/aromatic N) is 1. The summed E-state index contributed by atoms with van der Waals surface area (Å²) in [7, 11) is -4.28. The Bertz CT molecular complexity index is 239. The van der Waals surface area contributed by atoms with Crippen molar-refractivity contribution >= 4 is 14.0 Å². The molecule has 3 N–H and O–H groups in total. The molecule has 76 valence electrons. The van der Waals surface area contributed by atoms with Crippen molar-refractivity contribution in [2.45, 2.75) is 24.9 Å². The zero-order valence-corrected chi connectivity index (χ0v) is 7.50. The van der Waals surface area contributed by atoms with Crippen LogP contribution in [0.25, 0.3) is 0 Å². The Labute approximate surface area is 74.0 Å². The third-order valence-electron chi connectivity index (χ3n) is 1.75. The van der Waals surface area contributed by atoms with Gasteiger partial charge in [-0.25, -0.2) is 0 Å². The van der Waals surface area contributed by atoms with Crippen LogP contribution in [-0.4, -0.2) is 38.5 Å². The minimum absolute atomic E-state index is 0.125. The van der Waals surface area contributed by atoms with Gasteiger partial charge in [-0.3, -0.25) is 14.6 Å². The summed E-state index contributed by atoms with van der Waals surface area (Å²) >= 11 is 0. The molecule has 1 aliphatic rings. The first-order valence-electron chi connectivity index (χ1n) is 3.58. The molecule has 0 aliphatic carbocycles. The van der Waals surface area contributed by atoms with Crippen molar-refractivity contribution < 1.29 is 29.1 Å². The van der Waals surface area contributed by atoms with E-state index >= 15 is 0 Å². The van der Waals surface area contributed by atoms with E-state index in [-0.39, 0.29) is 24.3 Å². The summed E-state index contributed by atoms with van der Waals surface area (Å²) in [6, 6.07) is 0. The van der Waals surface area contributed by atoms with E-state index in [1.54, 1.807) is 0 Å². The van der Waals surface area contributed by atoms with Crippen LogP contribution in [-0.2, 0) is 14.1 Å². The molecule has 1 saturated heterocycles. The standard InChI is InChI=1S/C5H10NO6P/c7-3-6(8)4-1-2-5(12-4)13(9,10)11/h3-5,8H,1-2H2,(H2,9,10,11). The average molecular weight is 211 g/mol. The van der Waals surface area contributed by atoms with Gasteiger partial charge in [-0.05, 0) is 12.8 Å². The van der Waals surface area contributed by atoms with E-state index in [2.05, 4.69) is 0 Å². The summed E-state index contributed by atoms with van der Waals surface area (Å²) < 4.78 is 15.4. The SMILES string of the molecule is O=CN(O)C1CCC(P(=O)(O)O)O1. The molecule has 0 radical (unpaired) electrons. The number of rotatable bonds is 3. The predicted octanol–water partition coefficient (Wildman–Crippen LogP) is -0.526. The second kappa shape index (κ2) is 3.73. The van der Waals surface area contributed by atoms with Crippen LogP contribution in [0.5, 0.6) is 0 Å². The lowest BCUT2D eigenvalue weighted by molar-refractivity contribution is -0.197. The smallest absolute Gasteiger partial charge is 0.340 e. The number of ether oxygens (including phenoxy) is 1. The molecule has 0 aromatic heterocycles. The molecule has 13 heavy (non-hydrogen) atoms. The van der Waals surface area contributed by atoms with Crippen LogP contribution < -0.4 is 0 Å². The zero-order valence-electron chi connectivity index (χ0n) is 6.61. The Balaban J connectivity index is 2.54. The van der Waals surface area contributed by atoms with Gasteiger partial charge < -0.3 is 14.5 Å². The van der Waals surface area contributed by atoms with Crippen LogP contribution in [0.4, 0.5) is 0 Å². The van der Waals surface area contributed by atoms with Crippen LogP contribution in [0.15, 0.2) is 0 Å². The first-order chi connectivity index (χ1) is 5.95. The fourth-order valence-corrected chi connectivity index (χ4v) is 1.90. The maximum Gasteiger partial charge on any atom is 0.354 e. The minimum Gasteiger partial charge on any atom is -0.340 e. The van der Waals surface area contributed by atoms with Gasteiger partial charge >= 0.3 is 7.60 Å². The van der Waals surface area contributed by atoms with Crippen LogP contribution in [0.3, 0.4) is 0 Å². The molecule has 0 bridgehead atoms. The summed E-state index contributed by atoms with van der Waals surface area (Å²) in [6.45, 7) is 0. The molecule has 1 rings (SSSR count). The molecule has 0 aromatic rings. The highest BCUT2D eigenvalue weighted by Gasteiger charge is 2.39. The summed E-state index contributed by atoms with van der Waals surface area (Å²) in [5, 5.41) is 9.09. The lowest BCUT2D eigenvalue weighted by atomic mass is 10.3. The fraction of sp³-hybridized carbons (Fsp3) is 0.800. The predicted molar refractivity (Wildman–Crippen MR) is 39.6 cm³/mol. The molecule has 1 heterocycles. The first-order valence-corrected chi connectivity index (χ1v) is 5.26. The van der Waals surface area contributed by atoms with Crippen LogP contribution >= 0.6 is 7.60 Å². The highest BCUT2D eigenvalue weighted by molar-refractivity contribution is 7.52. The summed E-state index contributed by atoms with van der Waals surface area (Å²) in [4.78, 5) is 27.4. The van der Waals surface area contributed by atoms with E-state index in [1.807, 2.05) is 0 Å². The lowest BCUT2D eigenvalue weighted by Crippen LogP contribution is -2.30. The molecule has 8 heteroatoms. The van der Waals surface area contributed by atoms with Crippen LogP contribution in [0.1, 0.15) is 12.8 Å². The van der Waals surface area contributed by atoms with Gasteiger partial charge in [0.2, 0.25) is 6.41 Å². The van der Waals surface area contributed by atoms with Gasteiger partial charge in [0, 0.05) is 0 Å². The number of carbonyl (C=O) groups excluding carboxylic acids is 1. The van der Waals surface area contributed by atoms with Gasteiger partial charge in [0.1, 0.15) is 0 Å². The average Bonchev–Trinajstić information content (AvgIpc) is 2.50. The van der Waals surface area contributed by atoms with Crippen molar-refractivity contribution in [1.82, 2.24) is 5.06 Å².